The normalized spacial score (nSPS) is 20.5. The van der Waals surface area contributed by atoms with Gasteiger partial charge in [0.1, 0.15) is 5.41 Å². The molecule has 4 N–H and O–H groups in total. The van der Waals surface area contributed by atoms with Gasteiger partial charge >= 0.3 is 0 Å². The van der Waals surface area contributed by atoms with Crippen LogP contribution in [0.2, 0.25) is 0 Å². The van der Waals surface area contributed by atoms with Crippen LogP contribution in [-0.2, 0) is 4.79 Å². The molecule has 1 aliphatic rings. The number of amidine groups is 1. The van der Waals surface area contributed by atoms with Crippen LogP contribution in [0.25, 0.3) is 0 Å². The summed E-state index contributed by atoms with van der Waals surface area (Å²) in [5, 5.41) is 20.9. The van der Waals surface area contributed by atoms with Crippen LogP contribution in [0.4, 0.5) is 0 Å². The van der Waals surface area contributed by atoms with Gasteiger partial charge in [-0.2, -0.15) is 0 Å². The van der Waals surface area contributed by atoms with Crippen LogP contribution in [0.1, 0.15) is 32.6 Å². The van der Waals surface area contributed by atoms with Crippen molar-refractivity contribution in [1.29, 1.82) is 0 Å². The number of amides is 1. The Morgan fingerprint density at radius 1 is 1.59 bits per heavy atom. The minimum atomic E-state index is -0.817. The van der Waals surface area contributed by atoms with Crippen molar-refractivity contribution < 1.29 is 15.1 Å². The van der Waals surface area contributed by atoms with Crippen molar-refractivity contribution in [2.75, 3.05) is 13.6 Å². The fourth-order valence-corrected chi connectivity index (χ4v) is 2.05. The van der Waals surface area contributed by atoms with Gasteiger partial charge in [-0.05, 0) is 26.2 Å². The molecule has 0 radical (unpaired) electrons. The largest absolute Gasteiger partial charge is 0.409 e. The number of aliphatic hydroxyl groups is 1. The molecule has 1 rings (SSSR count). The van der Waals surface area contributed by atoms with Crippen LogP contribution in [0, 0.1) is 5.41 Å². The fourth-order valence-electron chi connectivity index (χ4n) is 2.05. The molecule has 0 bridgehead atoms. The van der Waals surface area contributed by atoms with Crippen molar-refractivity contribution in [2.24, 2.45) is 16.3 Å². The van der Waals surface area contributed by atoms with Gasteiger partial charge in [0.2, 0.25) is 5.91 Å². The van der Waals surface area contributed by atoms with Crippen LogP contribution < -0.4 is 5.73 Å². The number of oxime groups is 1. The van der Waals surface area contributed by atoms with Crippen molar-refractivity contribution >= 4 is 11.7 Å². The number of hydrogen-bond acceptors (Lipinski definition) is 4. The summed E-state index contributed by atoms with van der Waals surface area (Å²) in [6.07, 6.45) is 2.24. The van der Waals surface area contributed by atoms with Crippen molar-refractivity contribution in [1.82, 2.24) is 4.90 Å². The number of nitrogens with zero attached hydrogens (tertiary/aromatic N) is 2. The average Bonchev–Trinajstić information content (AvgIpc) is 2.23. The molecule has 6 heteroatoms. The molecule has 0 saturated heterocycles. The number of nitrogens with two attached hydrogens (primary N) is 1. The summed E-state index contributed by atoms with van der Waals surface area (Å²) in [7, 11) is 1.68. The Balaban J connectivity index is 2.67. The van der Waals surface area contributed by atoms with Crippen LogP contribution in [0.3, 0.4) is 0 Å². The number of aliphatic hydroxyl groups excluding tert-OH is 1. The second-order valence-electron chi connectivity index (χ2n) is 4.79. The van der Waals surface area contributed by atoms with Crippen molar-refractivity contribution in [2.45, 2.75) is 38.7 Å². The molecule has 1 amide bonds. The predicted molar refractivity (Wildman–Crippen MR) is 63.6 cm³/mol. The first-order valence-corrected chi connectivity index (χ1v) is 5.85. The van der Waals surface area contributed by atoms with E-state index in [0.29, 0.717) is 25.8 Å². The predicted octanol–water partition coefficient (Wildman–Crippen LogP) is 0.132. The molecule has 1 aliphatic carbocycles. The lowest BCUT2D eigenvalue weighted by atomic mass is 9.67. The quantitative estimate of drug-likeness (QED) is 0.276. The van der Waals surface area contributed by atoms with E-state index in [9.17, 15) is 9.90 Å². The number of carbonyl (C=O) groups is 1. The average molecular weight is 243 g/mol. The van der Waals surface area contributed by atoms with Gasteiger partial charge in [0.15, 0.2) is 5.84 Å². The Labute approximate surface area is 101 Å². The van der Waals surface area contributed by atoms with E-state index < -0.39 is 11.5 Å². The molecule has 0 aromatic rings. The summed E-state index contributed by atoms with van der Waals surface area (Å²) in [5.41, 5.74) is 4.79. The number of carbonyl (C=O) groups excluding carboxylic acids is 1. The maximum atomic E-state index is 12.2. The zero-order valence-corrected chi connectivity index (χ0v) is 10.4. The summed E-state index contributed by atoms with van der Waals surface area (Å²) >= 11 is 0. The third-order valence-electron chi connectivity index (χ3n) is 3.44. The molecule has 0 aliphatic heterocycles. The lowest BCUT2D eigenvalue weighted by Gasteiger charge is -2.41. The molecule has 0 aromatic heterocycles. The standard InChI is InChI=1S/C11H21N3O3/c1-8(15)4-7-14(2)10(16)11(5-3-6-11)9(12)13-17/h8,15,17H,3-7H2,1-2H3,(H2,12,13). The zero-order chi connectivity index (χ0) is 13.1. The van der Waals surface area contributed by atoms with Gasteiger partial charge in [-0.1, -0.05) is 11.6 Å². The molecular formula is C11H21N3O3. The molecule has 1 unspecified atom stereocenters. The van der Waals surface area contributed by atoms with Crippen molar-refractivity contribution in [3.63, 3.8) is 0 Å². The Bertz CT molecular complexity index is 311. The summed E-state index contributed by atoms with van der Waals surface area (Å²) < 4.78 is 0. The van der Waals surface area contributed by atoms with Crippen molar-refractivity contribution in [3.8, 4) is 0 Å². The third-order valence-corrected chi connectivity index (χ3v) is 3.44. The van der Waals surface area contributed by atoms with Gasteiger partial charge in [0.25, 0.3) is 0 Å². The maximum absolute atomic E-state index is 12.2. The van der Waals surface area contributed by atoms with E-state index >= 15 is 0 Å². The number of hydrogen-bond donors (Lipinski definition) is 3. The van der Waals surface area contributed by atoms with Gasteiger partial charge in [-0.15, -0.1) is 0 Å². The van der Waals surface area contributed by atoms with E-state index in [1.54, 1.807) is 18.9 Å². The van der Waals surface area contributed by atoms with E-state index in [1.165, 1.54) is 0 Å². The Kier molecular flexibility index (Phi) is 4.34. The monoisotopic (exact) mass is 243 g/mol. The van der Waals surface area contributed by atoms with Gasteiger partial charge in [-0.25, -0.2) is 0 Å². The molecule has 1 atom stereocenters. The Morgan fingerprint density at radius 2 is 2.18 bits per heavy atom. The maximum Gasteiger partial charge on any atom is 0.236 e. The highest BCUT2D eigenvalue weighted by atomic mass is 16.4. The van der Waals surface area contributed by atoms with E-state index in [0.717, 1.165) is 6.42 Å². The highest BCUT2D eigenvalue weighted by Crippen LogP contribution is 2.42. The summed E-state index contributed by atoms with van der Waals surface area (Å²) in [4.78, 5) is 13.8. The molecule has 0 aromatic carbocycles. The minimum absolute atomic E-state index is 0.00218. The molecule has 1 fully saturated rings. The molecule has 0 spiro atoms. The smallest absolute Gasteiger partial charge is 0.236 e. The van der Waals surface area contributed by atoms with E-state index in [1.807, 2.05) is 0 Å². The summed E-state index contributed by atoms with van der Waals surface area (Å²) in [5.74, 6) is -0.127. The van der Waals surface area contributed by atoms with Crippen LogP contribution >= 0.6 is 0 Å². The first-order chi connectivity index (χ1) is 7.94. The lowest BCUT2D eigenvalue weighted by Crippen LogP contribution is -2.54. The molecule has 6 nitrogen and oxygen atoms in total. The molecule has 0 heterocycles. The Morgan fingerprint density at radius 3 is 2.53 bits per heavy atom. The highest BCUT2D eigenvalue weighted by molar-refractivity contribution is 6.07. The lowest BCUT2D eigenvalue weighted by molar-refractivity contribution is -0.141. The summed E-state index contributed by atoms with van der Waals surface area (Å²) in [6, 6.07) is 0. The van der Waals surface area contributed by atoms with Gasteiger partial charge in [0, 0.05) is 13.6 Å². The van der Waals surface area contributed by atoms with E-state index in [-0.39, 0.29) is 11.7 Å². The van der Waals surface area contributed by atoms with E-state index in [4.69, 9.17) is 10.9 Å². The molecular weight excluding hydrogens is 222 g/mol. The third kappa shape index (κ3) is 2.69. The zero-order valence-electron chi connectivity index (χ0n) is 10.4. The first-order valence-electron chi connectivity index (χ1n) is 5.85. The Hall–Kier alpha value is -1.30. The molecule has 17 heavy (non-hydrogen) atoms. The van der Waals surface area contributed by atoms with Gasteiger partial charge in [0.05, 0.1) is 6.10 Å². The van der Waals surface area contributed by atoms with Gasteiger partial charge < -0.3 is 20.9 Å². The van der Waals surface area contributed by atoms with Crippen molar-refractivity contribution in [3.05, 3.63) is 0 Å². The van der Waals surface area contributed by atoms with Crippen LogP contribution in [0.5, 0.6) is 0 Å². The van der Waals surface area contributed by atoms with E-state index in [2.05, 4.69) is 5.16 Å². The number of rotatable bonds is 5. The highest BCUT2D eigenvalue weighted by Gasteiger charge is 2.49. The summed E-state index contributed by atoms with van der Waals surface area (Å²) in [6.45, 7) is 2.15. The minimum Gasteiger partial charge on any atom is -0.409 e. The van der Waals surface area contributed by atoms with Crippen LogP contribution in [0.15, 0.2) is 5.16 Å². The SMILES string of the molecule is CC(O)CCN(C)C(=O)C1(C(N)=NO)CCC1. The second-order valence-corrected chi connectivity index (χ2v) is 4.79. The van der Waals surface area contributed by atoms with Gasteiger partial charge in [-0.3, -0.25) is 4.79 Å². The topological polar surface area (TPSA) is 99.2 Å². The first kappa shape index (κ1) is 13.8. The fraction of sp³-hybridized carbons (Fsp3) is 0.818. The second kappa shape index (κ2) is 5.35. The molecule has 98 valence electrons. The molecule has 1 saturated carbocycles. The van der Waals surface area contributed by atoms with Crippen LogP contribution in [-0.4, -0.2) is 46.7 Å².